The van der Waals surface area contributed by atoms with Crippen molar-refractivity contribution in [3.05, 3.63) is 57.6 Å². The fraction of sp³-hybridized carbons (Fsp3) is 0.0667. The number of hydrogen-bond donors (Lipinski definition) is 3. The molecule has 0 aromatic heterocycles. The van der Waals surface area contributed by atoms with E-state index in [1.165, 1.54) is 18.3 Å². The van der Waals surface area contributed by atoms with Gasteiger partial charge in [0.25, 0.3) is 5.91 Å². The Morgan fingerprint density at radius 2 is 2.05 bits per heavy atom. The molecule has 2 aromatic carbocycles. The molecule has 2 rings (SSSR count). The second kappa shape index (κ2) is 6.41. The minimum atomic E-state index is -0.358. The zero-order chi connectivity index (χ0) is 15.4. The number of nitrogens with one attached hydrogen (secondary N) is 1. The molecule has 6 heteroatoms. The van der Waals surface area contributed by atoms with Crippen molar-refractivity contribution >= 4 is 28.1 Å². The smallest absolute Gasteiger partial charge is 0.271 e. The first-order chi connectivity index (χ1) is 9.97. The number of phenolic OH excluding ortho intramolecular Hbond substituents is 2. The number of amides is 1. The number of carbonyl (C=O) groups is 1. The first-order valence-electron chi connectivity index (χ1n) is 6.09. The van der Waals surface area contributed by atoms with Crippen LogP contribution in [-0.2, 0) is 0 Å². The zero-order valence-corrected chi connectivity index (χ0v) is 12.8. The molecule has 0 saturated carbocycles. The van der Waals surface area contributed by atoms with Crippen LogP contribution in [-0.4, -0.2) is 22.3 Å². The minimum absolute atomic E-state index is 0.0275. The molecule has 0 radical (unpaired) electrons. The van der Waals surface area contributed by atoms with Crippen LogP contribution in [0, 0.1) is 6.92 Å². The Bertz CT molecular complexity index is 691. The van der Waals surface area contributed by atoms with E-state index in [2.05, 4.69) is 26.5 Å². The van der Waals surface area contributed by atoms with E-state index in [1.54, 1.807) is 25.1 Å². The number of aryl methyl sites for hydroxylation is 1. The van der Waals surface area contributed by atoms with Crippen molar-refractivity contribution in [2.24, 2.45) is 5.10 Å². The number of aromatic hydroxyl groups is 2. The Labute approximate surface area is 130 Å². The second-order valence-corrected chi connectivity index (χ2v) is 5.32. The highest BCUT2D eigenvalue weighted by molar-refractivity contribution is 9.10. The van der Waals surface area contributed by atoms with Gasteiger partial charge in [-0.1, -0.05) is 22.0 Å². The Morgan fingerprint density at radius 1 is 1.29 bits per heavy atom. The van der Waals surface area contributed by atoms with Gasteiger partial charge in [-0.05, 0) is 36.8 Å². The van der Waals surface area contributed by atoms with Crippen LogP contribution in [0.15, 0.2) is 46.0 Å². The summed E-state index contributed by atoms with van der Waals surface area (Å²) < 4.78 is 0.797. The van der Waals surface area contributed by atoms with Crippen molar-refractivity contribution in [1.82, 2.24) is 5.43 Å². The van der Waals surface area contributed by atoms with E-state index in [0.29, 0.717) is 16.7 Å². The number of nitrogens with zero attached hydrogens (tertiary/aromatic N) is 1. The van der Waals surface area contributed by atoms with Gasteiger partial charge in [0.1, 0.15) is 11.5 Å². The van der Waals surface area contributed by atoms with Gasteiger partial charge in [-0.25, -0.2) is 5.43 Å². The molecule has 0 spiro atoms. The van der Waals surface area contributed by atoms with Crippen LogP contribution < -0.4 is 5.43 Å². The third-order valence-corrected chi connectivity index (χ3v) is 3.29. The summed E-state index contributed by atoms with van der Waals surface area (Å²) in [6.07, 6.45) is 1.33. The summed E-state index contributed by atoms with van der Waals surface area (Å²) >= 11 is 3.29. The second-order valence-electron chi connectivity index (χ2n) is 4.40. The molecule has 0 atom stereocenters. The minimum Gasteiger partial charge on any atom is -0.508 e. The van der Waals surface area contributed by atoms with Crippen LogP contribution in [0.3, 0.4) is 0 Å². The Hall–Kier alpha value is -2.34. The van der Waals surface area contributed by atoms with Crippen molar-refractivity contribution in [3.63, 3.8) is 0 Å². The molecule has 0 aliphatic rings. The molecule has 0 heterocycles. The molecule has 3 N–H and O–H groups in total. The molecule has 2 aromatic rings. The van der Waals surface area contributed by atoms with Crippen LogP contribution in [0.1, 0.15) is 21.5 Å². The molecule has 21 heavy (non-hydrogen) atoms. The summed E-state index contributed by atoms with van der Waals surface area (Å²) in [6.45, 7) is 1.72. The van der Waals surface area contributed by atoms with Gasteiger partial charge in [0.05, 0.1) is 6.21 Å². The van der Waals surface area contributed by atoms with Crippen molar-refractivity contribution in [2.75, 3.05) is 0 Å². The first-order valence-corrected chi connectivity index (χ1v) is 6.88. The van der Waals surface area contributed by atoms with E-state index in [0.717, 1.165) is 4.47 Å². The average molecular weight is 349 g/mol. The highest BCUT2D eigenvalue weighted by Gasteiger charge is 2.06. The van der Waals surface area contributed by atoms with Crippen LogP contribution >= 0.6 is 15.9 Å². The Morgan fingerprint density at radius 3 is 2.71 bits per heavy atom. The maximum Gasteiger partial charge on any atom is 0.271 e. The van der Waals surface area contributed by atoms with Crippen molar-refractivity contribution in [3.8, 4) is 11.5 Å². The van der Waals surface area contributed by atoms with Gasteiger partial charge >= 0.3 is 0 Å². The summed E-state index contributed by atoms with van der Waals surface area (Å²) in [4.78, 5) is 11.9. The number of carbonyl (C=O) groups excluding carboxylic acids is 1. The Kier molecular flexibility index (Phi) is 4.59. The summed E-state index contributed by atoms with van der Waals surface area (Å²) in [5.41, 5.74) is 3.92. The van der Waals surface area contributed by atoms with E-state index in [1.807, 2.05) is 6.07 Å². The van der Waals surface area contributed by atoms with Gasteiger partial charge in [-0.2, -0.15) is 5.10 Å². The lowest BCUT2D eigenvalue weighted by molar-refractivity contribution is 0.0955. The molecule has 5 nitrogen and oxygen atoms in total. The molecule has 0 bridgehead atoms. The Balaban J connectivity index is 2.11. The van der Waals surface area contributed by atoms with Crippen LogP contribution in [0.5, 0.6) is 11.5 Å². The predicted octanol–water partition coefficient (Wildman–Crippen LogP) is 2.93. The van der Waals surface area contributed by atoms with Crippen LogP contribution in [0.4, 0.5) is 0 Å². The number of rotatable bonds is 3. The molecule has 0 aliphatic carbocycles. The number of hydrazone groups is 1. The standard InChI is InChI=1S/C15H13BrN2O3/c1-9-5-12(19)7-14(20)13(9)8-17-18-15(21)10-3-2-4-11(16)6-10/h2-8,19-20H,1H3,(H,18,21)/b17-8-. The summed E-state index contributed by atoms with van der Waals surface area (Å²) in [5.74, 6) is -0.489. The van der Waals surface area contributed by atoms with Crippen molar-refractivity contribution in [1.29, 1.82) is 0 Å². The molecule has 1 amide bonds. The van der Waals surface area contributed by atoms with Gasteiger partial charge in [-0.3, -0.25) is 4.79 Å². The van der Waals surface area contributed by atoms with E-state index >= 15 is 0 Å². The topological polar surface area (TPSA) is 81.9 Å². The lowest BCUT2D eigenvalue weighted by atomic mass is 10.1. The van der Waals surface area contributed by atoms with E-state index in [-0.39, 0.29) is 17.4 Å². The zero-order valence-electron chi connectivity index (χ0n) is 11.2. The normalized spacial score (nSPS) is 10.8. The van der Waals surface area contributed by atoms with Crippen molar-refractivity contribution in [2.45, 2.75) is 6.92 Å². The highest BCUT2D eigenvalue weighted by Crippen LogP contribution is 2.25. The van der Waals surface area contributed by atoms with Gasteiger partial charge in [0, 0.05) is 21.7 Å². The van der Waals surface area contributed by atoms with Gasteiger partial charge in [0.2, 0.25) is 0 Å². The molecular weight excluding hydrogens is 336 g/mol. The summed E-state index contributed by atoms with van der Waals surface area (Å²) in [6, 6.07) is 9.62. The highest BCUT2D eigenvalue weighted by atomic mass is 79.9. The third kappa shape index (κ3) is 3.82. The van der Waals surface area contributed by atoms with Gasteiger partial charge < -0.3 is 10.2 Å². The molecule has 0 unspecified atom stereocenters. The average Bonchev–Trinajstić information content (AvgIpc) is 2.41. The lowest BCUT2D eigenvalue weighted by Gasteiger charge is -2.04. The van der Waals surface area contributed by atoms with Crippen LogP contribution in [0.2, 0.25) is 0 Å². The fourth-order valence-corrected chi connectivity index (χ4v) is 2.18. The molecule has 108 valence electrons. The van der Waals surface area contributed by atoms with Gasteiger partial charge in [0.15, 0.2) is 0 Å². The maximum absolute atomic E-state index is 11.9. The quantitative estimate of drug-likeness (QED) is 0.589. The third-order valence-electron chi connectivity index (χ3n) is 2.80. The first kappa shape index (κ1) is 15.1. The summed E-state index contributed by atoms with van der Waals surface area (Å²) in [5, 5.41) is 22.9. The van der Waals surface area contributed by atoms with Gasteiger partial charge in [-0.15, -0.1) is 0 Å². The number of halogens is 1. The molecule has 0 fully saturated rings. The van der Waals surface area contributed by atoms with E-state index in [9.17, 15) is 15.0 Å². The lowest BCUT2D eigenvalue weighted by Crippen LogP contribution is -2.17. The summed E-state index contributed by atoms with van der Waals surface area (Å²) in [7, 11) is 0. The van der Waals surface area contributed by atoms with E-state index < -0.39 is 0 Å². The number of phenols is 2. The largest absolute Gasteiger partial charge is 0.508 e. The molecular formula is C15H13BrN2O3. The van der Waals surface area contributed by atoms with Crippen LogP contribution in [0.25, 0.3) is 0 Å². The number of hydrogen-bond acceptors (Lipinski definition) is 4. The number of benzene rings is 2. The predicted molar refractivity (Wildman–Crippen MR) is 83.7 cm³/mol. The van der Waals surface area contributed by atoms with Crippen molar-refractivity contribution < 1.29 is 15.0 Å². The monoisotopic (exact) mass is 348 g/mol. The molecule has 0 saturated heterocycles. The SMILES string of the molecule is Cc1cc(O)cc(O)c1/C=N\NC(=O)c1cccc(Br)c1. The molecule has 0 aliphatic heterocycles. The van der Waals surface area contributed by atoms with E-state index in [4.69, 9.17) is 0 Å². The fourth-order valence-electron chi connectivity index (χ4n) is 1.78. The maximum atomic E-state index is 11.9.